The number of aromatic carboxylic acids is 1. The highest BCUT2D eigenvalue weighted by Crippen LogP contribution is 2.25. The number of carboxylic acids is 1. The monoisotopic (exact) mass is 327 g/mol. The predicted molar refractivity (Wildman–Crippen MR) is 81.5 cm³/mol. The average Bonchev–Trinajstić information content (AvgIpc) is 2.47. The fraction of sp³-hybridized carbons (Fsp3) is 0.533. The molecule has 1 unspecified atom stereocenters. The van der Waals surface area contributed by atoms with Crippen LogP contribution in [0.15, 0.2) is 23.1 Å². The summed E-state index contributed by atoms with van der Waals surface area (Å²) in [5.74, 6) is -0.854. The minimum absolute atomic E-state index is 0.120. The largest absolute Gasteiger partial charge is 0.478 e. The molecule has 6 nitrogen and oxygen atoms in total. The van der Waals surface area contributed by atoms with Crippen LogP contribution >= 0.6 is 0 Å². The second kappa shape index (κ2) is 6.76. The van der Waals surface area contributed by atoms with Crippen LogP contribution in [0.1, 0.15) is 28.8 Å². The number of nitrogens with zero attached hydrogens (tertiary/aromatic N) is 1. The standard InChI is InChI=1S/C15H21NO5S/c1-11-8-13(5-6-14(11)15(17)18)22(19,20)16-7-3-4-12(9-16)10-21-2/h5-6,8,12H,3-4,7,9-10H2,1-2H3,(H,17,18). The van der Waals surface area contributed by atoms with E-state index in [-0.39, 0.29) is 16.4 Å². The predicted octanol–water partition coefficient (Wildman–Crippen LogP) is 1.74. The Morgan fingerprint density at radius 3 is 2.77 bits per heavy atom. The lowest BCUT2D eigenvalue weighted by Crippen LogP contribution is -2.41. The molecule has 0 amide bonds. The highest BCUT2D eigenvalue weighted by Gasteiger charge is 2.30. The molecule has 0 aromatic heterocycles. The number of hydrogen-bond acceptors (Lipinski definition) is 4. The molecule has 1 heterocycles. The molecule has 0 radical (unpaired) electrons. The Morgan fingerprint density at radius 2 is 2.18 bits per heavy atom. The van der Waals surface area contributed by atoms with Gasteiger partial charge in [-0.05, 0) is 49.4 Å². The van der Waals surface area contributed by atoms with E-state index in [0.29, 0.717) is 25.3 Å². The first-order valence-corrected chi connectivity index (χ1v) is 8.63. The molecule has 0 spiro atoms. The summed E-state index contributed by atoms with van der Waals surface area (Å²) in [4.78, 5) is 11.2. The SMILES string of the molecule is COCC1CCCN(S(=O)(=O)c2ccc(C(=O)O)c(C)c2)C1. The maximum absolute atomic E-state index is 12.7. The van der Waals surface area contributed by atoms with Gasteiger partial charge in [0.15, 0.2) is 0 Å². The third-order valence-electron chi connectivity index (χ3n) is 3.95. The summed E-state index contributed by atoms with van der Waals surface area (Å²) in [5, 5.41) is 9.03. The zero-order valence-electron chi connectivity index (χ0n) is 12.8. The third kappa shape index (κ3) is 3.48. The van der Waals surface area contributed by atoms with Crippen molar-refractivity contribution in [2.45, 2.75) is 24.7 Å². The number of piperidine rings is 1. The lowest BCUT2D eigenvalue weighted by atomic mass is 10.0. The van der Waals surface area contributed by atoms with Gasteiger partial charge in [0.05, 0.1) is 17.1 Å². The first kappa shape index (κ1) is 16.9. The van der Waals surface area contributed by atoms with Crippen molar-refractivity contribution in [2.75, 3.05) is 26.8 Å². The summed E-state index contributed by atoms with van der Waals surface area (Å²) in [6, 6.07) is 4.14. The number of sulfonamides is 1. The second-order valence-electron chi connectivity index (χ2n) is 5.61. The van der Waals surface area contributed by atoms with Gasteiger partial charge >= 0.3 is 5.97 Å². The van der Waals surface area contributed by atoms with Gasteiger partial charge in [-0.15, -0.1) is 0 Å². The van der Waals surface area contributed by atoms with Crippen LogP contribution in [-0.2, 0) is 14.8 Å². The Labute approximate surface area is 130 Å². The van der Waals surface area contributed by atoms with E-state index in [1.807, 2.05) is 0 Å². The summed E-state index contributed by atoms with van der Waals surface area (Å²) in [5.41, 5.74) is 0.564. The van der Waals surface area contributed by atoms with Crippen molar-refractivity contribution in [1.29, 1.82) is 0 Å². The summed E-state index contributed by atoms with van der Waals surface area (Å²) in [7, 11) is -1.98. The van der Waals surface area contributed by atoms with Crippen molar-refractivity contribution in [3.05, 3.63) is 29.3 Å². The van der Waals surface area contributed by atoms with Crippen molar-refractivity contribution in [1.82, 2.24) is 4.31 Å². The maximum Gasteiger partial charge on any atom is 0.335 e. The summed E-state index contributed by atoms with van der Waals surface area (Å²) >= 11 is 0. The van der Waals surface area contributed by atoms with Gasteiger partial charge in [0.1, 0.15) is 0 Å². The molecule has 0 aliphatic carbocycles. The maximum atomic E-state index is 12.7. The van der Waals surface area contributed by atoms with Gasteiger partial charge in [0.25, 0.3) is 0 Å². The Hall–Kier alpha value is -1.44. The molecule has 1 aromatic carbocycles. The quantitative estimate of drug-likeness (QED) is 0.890. The number of benzene rings is 1. The number of rotatable bonds is 5. The van der Waals surface area contributed by atoms with Crippen LogP contribution in [-0.4, -0.2) is 50.6 Å². The molecule has 1 fully saturated rings. The molecule has 1 N–H and O–H groups in total. The van der Waals surface area contributed by atoms with Crippen molar-refractivity contribution < 1.29 is 23.1 Å². The molecule has 22 heavy (non-hydrogen) atoms. The van der Waals surface area contributed by atoms with E-state index in [2.05, 4.69) is 0 Å². The van der Waals surface area contributed by atoms with Crippen LogP contribution in [0.2, 0.25) is 0 Å². The van der Waals surface area contributed by atoms with Crippen LogP contribution in [0.4, 0.5) is 0 Å². The Morgan fingerprint density at radius 1 is 1.45 bits per heavy atom. The number of carbonyl (C=O) groups is 1. The molecule has 1 aliphatic rings. The molecule has 2 rings (SSSR count). The molecular weight excluding hydrogens is 306 g/mol. The van der Waals surface area contributed by atoms with Gasteiger partial charge in [-0.3, -0.25) is 0 Å². The fourth-order valence-corrected chi connectivity index (χ4v) is 4.44. The van der Waals surface area contributed by atoms with Gasteiger partial charge in [-0.1, -0.05) is 0 Å². The molecule has 0 saturated carbocycles. The van der Waals surface area contributed by atoms with E-state index in [4.69, 9.17) is 9.84 Å². The lowest BCUT2D eigenvalue weighted by molar-refractivity contribution is 0.0696. The molecule has 1 atom stereocenters. The minimum atomic E-state index is -3.59. The average molecular weight is 327 g/mol. The van der Waals surface area contributed by atoms with Crippen molar-refractivity contribution in [3.8, 4) is 0 Å². The number of ether oxygens (including phenoxy) is 1. The minimum Gasteiger partial charge on any atom is -0.478 e. The highest BCUT2D eigenvalue weighted by molar-refractivity contribution is 7.89. The lowest BCUT2D eigenvalue weighted by Gasteiger charge is -2.31. The van der Waals surface area contributed by atoms with E-state index in [0.717, 1.165) is 12.8 Å². The van der Waals surface area contributed by atoms with Gasteiger partial charge in [0, 0.05) is 20.2 Å². The zero-order valence-corrected chi connectivity index (χ0v) is 13.6. The van der Waals surface area contributed by atoms with E-state index < -0.39 is 16.0 Å². The van der Waals surface area contributed by atoms with Gasteiger partial charge in [0.2, 0.25) is 10.0 Å². The van der Waals surface area contributed by atoms with E-state index >= 15 is 0 Å². The van der Waals surface area contributed by atoms with E-state index in [1.54, 1.807) is 14.0 Å². The van der Waals surface area contributed by atoms with Crippen molar-refractivity contribution in [3.63, 3.8) is 0 Å². The van der Waals surface area contributed by atoms with Crippen LogP contribution in [0, 0.1) is 12.8 Å². The Bertz CT molecular complexity index is 654. The van der Waals surface area contributed by atoms with E-state index in [9.17, 15) is 13.2 Å². The molecule has 0 bridgehead atoms. The molecule has 1 aromatic rings. The number of methoxy groups -OCH3 is 1. The normalized spacial score (nSPS) is 20.0. The topological polar surface area (TPSA) is 83.9 Å². The summed E-state index contributed by atoms with van der Waals surface area (Å²) < 4.78 is 32.0. The zero-order chi connectivity index (χ0) is 16.3. The molecular formula is C15H21NO5S. The van der Waals surface area contributed by atoms with Gasteiger partial charge in [-0.2, -0.15) is 4.31 Å². The van der Waals surface area contributed by atoms with Crippen molar-refractivity contribution in [2.24, 2.45) is 5.92 Å². The van der Waals surface area contributed by atoms with Crippen LogP contribution in [0.25, 0.3) is 0 Å². The summed E-state index contributed by atoms with van der Waals surface area (Å²) in [6.07, 6.45) is 1.76. The van der Waals surface area contributed by atoms with Crippen LogP contribution < -0.4 is 0 Å². The second-order valence-corrected chi connectivity index (χ2v) is 7.55. The first-order chi connectivity index (χ1) is 10.4. The number of hydrogen-bond donors (Lipinski definition) is 1. The number of carboxylic acid groups (broad SMARTS) is 1. The van der Waals surface area contributed by atoms with E-state index in [1.165, 1.54) is 22.5 Å². The van der Waals surface area contributed by atoms with Gasteiger partial charge in [-0.25, -0.2) is 13.2 Å². The summed E-state index contributed by atoms with van der Waals surface area (Å²) in [6.45, 7) is 3.08. The van der Waals surface area contributed by atoms with Crippen molar-refractivity contribution >= 4 is 16.0 Å². The molecule has 1 aliphatic heterocycles. The van der Waals surface area contributed by atoms with Crippen LogP contribution in [0.5, 0.6) is 0 Å². The molecule has 1 saturated heterocycles. The molecule has 7 heteroatoms. The number of aryl methyl sites for hydroxylation is 1. The van der Waals surface area contributed by atoms with Gasteiger partial charge < -0.3 is 9.84 Å². The molecule has 122 valence electrons. The smallest absolute Gasteiger partial charge is 0.335 e. The van der Waals surface area contributed by atoms with Crippen LogP contribution in [0.3, 0.4) is 0 Å². The first-order valence-electron chi connectivity index (χ1n) is 7.19. The fourth-order valence-electron chi connectivity index (χ4n) is 2.80. The third-order valence-corrected chi connectivity index (χ3v) is 5.81. The highest BCUT2D eigenvalue weighted by atomic mass is 32.2. The Kier molecular flexibility index (Phi) is 5.20. The Balaban J connectivity index is 2.26.